The van der Waals surface area contributed by atoms with Crippen LogP contribution in [0.2, 0.25) is 0 Å². The molecule has 12 heteroatoms. The number of fused-ring (bicyclic) bond motifs is 2. The van der Waals surface area contributed by atoms with E-state index in [0.717, 1.165) is 26.6 Å². The molecule has 44 heavy (non-hydrogen) atoms. The van der Waals surface area contributed by atoms with Crippen LogP contribution < -0.4 is 20.7 Å². The number of nitrogen functional groups attached to an aromatic ring is 1. The van der Waals surface area contributed by atoms with Gasteiger partial charge in [0.15, 0.2) is 11.5 Å². The lowest BCUT2D eigenvalue weighted by Crippen LogP contribution is -2.41. The highest BCUT2D eigenvalue weighted by Gasteiger charge is 2.51. The summed E-state index contributed by atoms with van der Waals surface area (Å²) in [5.74, 6) is 0.844. The van der Waals surface area contributed by atoms with E-state index in [9.17, 15) is 9.90 Å². The molecule has 10 nitrogen and oxygen atoms in total. The Kier molecular flexibility index (Phi) is 7.81. The van der Waals surface area contributed by atoms with E-state index in [1.165, 1.54) is 0 Å². The van der Waals surface area contributed by atoms with Crippen molar-refractivity contribution in [3.05, 3.63) is 81.0 Å². The molecule has 228 valence electrons. The zero-order valence-electron chi connectivity index (χ0n) is 25.3. The van der Waals surface area contributed by atoms with Crippen molar-refractivity contribution in [3.8, 4) is 11.5 Å². The summed E-state index contributed by atoms with van der Waals surface area (Å²) >= 11 is 3.45. The Morgan fingerprint density at radius 3 is 2.50 bits per heavy atom. The summed E-state index contributed by atoms with van der Waals surface area (Å²) in [6.07, 6.45) is 0. The molecule has 0 spiro atoms. The van der Waals surface area contributed by atoms with Gasteiger partial charge in [0.2, 0.25) is 5.95 Å². The Morgan fingerprint density at radius 1 is 1.05 bits per heavy atom. The monoisotopic (exact) mass is 660 g/mol. The van der Waals surface area contributed by atoms with Gasteiger partial charge in [0, 0.05) is 22.9 Å². The minimum Gasteiger partial charge on any atom is -0.493 e. The molecule has 1 aromatic heterocycles. The second kappa shape index (κ2) is 11.3. The number of hydrogen-bond donors (Lipinski definition) is 2. The first-order chi connectivity index (χ1) is 20.9. The molecule has 2 aliphatic rings. The third-order valence-electron chi connectivity index (χ3n) is 8.72. The lowest BCUT2D eigenvalue weighted by atomic mass is 9.78. The molecule has 0 bridgehead atoms. The standard InChI is InChI=1S/C32H34BBrN4O6/c1-31(2)32(3,4)44-33(43-31)21-9-10-25-22(12-21)28(37-30(35)36-25)29(40)38-14-18-7-6-8-19(23(18)15-38)17-42-27-11-20(16-39)24(34)13-26(27)41-5/h6-13,39H,14-17H2,1-5H3,(H2,35,36,37). The summed E-state index contributed by atoms with van der Waals surface area (Å²) in [6.45, 7) is 8.92. The van der Waals surface area contributed by atoms with Gasteiger partial charge in [-0.15, -0.1) is 0 Å². The average molecular weight is 661 g/mol. The van der Waals surface area contributed by atoms with Crippen molar-refractivity contribution in [2.45, 2.75) is 65.2 Å². The molecule has 0 aliphatic carbocycles. The molecule has 2 aliphatic heterocycles. The zero-order valence-corrected chi connectivity index (χ0v) is 26.9. The van der Waals surface area contributed by atoms with Crippen molar-refractivity contribution in [3.63, 3.8) is 0 Å². The maximum absolute atomic E-state index is 14.0. The number of halogens is 1. The number of methoxy groups -OCH3 is 1. The van der Waals surface area contributed by atoms with Crippen molar-refractivity contribution < 1.29 is 28.7 Å². The third kappa shape index (κ3) is 5.40. The fourth-order valence-corrected chi connectivity index (χ4v) is 5.95. The molecule has 6 rings (SSSR count). The van der Waals surface area contributed by atoms with Gasteiger partial charge in [-0.3, -0.25) is 4.79 Å². The molecular weight excluding hydrogens is 627 g/mol. The number of benzene rings is 3. The average Bonchev–Trinajstić information content (AvgIpc) is 3.52. The summed E-state index contributed by atoms with van der Waals surface area (Å²) in [4.78, 5) is 24.6. The first kappa shape index (κ1) is 30.3. The number of rotatable bonds is 7. The van der Waals surface area contributed by atoms with Crippen LogP contribution in [0.4, 0.5) is 5.95 Å². The molecule has 1 fully saturated rings. The van der Waals surface area contributed by atoms with Crippen LogP contribution in [-0.4, -0.2) is 51.3 Å². The Bertz CT molecular complexity index is 1770. The number of ether oxygens (including phenoxy) is 2. The Morgan fingerprint density at radius 2 is 1.80 bits per heavy atom. The summed E-state index contributed by atoms with van der Waals surface area (Å²) in [5.41, 5.74) is 10.3. The van der Waals surface area contributed by atoms with Crippen molar-refractivity contribution in [2.24, 2.45) is 0 Å². The second-order valence-electron chi connectivity index (χ2n) is 12.1. The smallest absolute Gasteiger partial charge is 0.493 e. The highest BCUT2D eigenvalue weighted by Crippen LogP contribution is 2.37. The van der Waals surface area contributed by atoms with Crippen molar-refractivity contribution in [1.29, 1.82) is 0 Å². The lowest BCUT2D eigenvalue weighted by molar-refractivity contribution is 0.00578. The maximum Gasteiger partial charge on any atom is 0.494 e. The van der Waals surface area contributed by atoms with E-state index in [4.69, 9.17) is 24.5 Å². The van der Waals surface area contributed by atoms with Crippen LogP contribution >= 0.6 is 15.9 Å². The topological polar surface area (TPSA) is 129 Å². The Hall–Kier alpha value is -3.71. The maximum atomic E-state index is 14.0. The van der Waals surface area contributed by atoms with E-state index in [1.807, 2.05) is 64.1 Å². The number of aliphatic hydroxyl groups is 1. The van der Waals surface area contributed by atoms with Gasteiger partial charge < -0.3 is 34.5 Å². The van der Waals surface area contributed by atoms with Crippen LogP contribution in [0, 0.1) is 0 Å². The first-order valence-corrected chi connectivity index (χ1v) is 15.1. The highest BCUT2D eigenvalue weighted by atomic mass is 79.9. The number of carbonyl (C=O) groups is 1. The van der Waals surface area contributed by atoms with E-state index in [0.29, 0.717) is 41.1 Å². The van der Waals surface area contributed by atoms with E-state index >= 15 is 0 Å². The molecule has 0 unspecified atom stereocenters. The van der Waals surface area contributed by atoms with E-state index in [2.05, 4.69) is 25.9 Å². The quantitative estimate of drug-likeness (QED) is 0.275. The molecule has 1 amide bonds. The second-order valence-corrected chi connectivity index (χ2v) is 12.9. The molecule has 3 aromatic carbocycles. The number of anilines is 1. The highest BCUT2D eigenvalue weighted by molar-refractivity contribution is 9.10. The van der Waals surface area contributed by atoms with Crippen LogP contribution in [0.1, 0.15) is 60.4 Å². The molecule has 0 atom stereocenters. The van der Waals surface area contributed by atoms with Gasteiger partial charge in [-0.2, -0.15) is 0 Å². The van der Waals surface area contributed by atoms with Crippen molar-refractivity contribution in [1.82, 2.24) is 14.9 Å². The number of hydrogen-bond acceptors (Lipinski definition) is 9. The van der Waals surface area contributed by atoms with Gasteiger partial charge in [0.25, 0.3) is 5.91 Å². The fourth-order valence-electron chi connectivity index (χ4n) is 5.50. The zero-order chi connectivity index (χ0) is 31.4. The van der Waals surface area contributed by atoms with Gasteiger partial charge in [-0.1, -0.05) is 46.3 Å². The molecular formula is C32H34BBrN4O6. The summed E-state index contributed by atoms with van der Waals surface area (Å²) in [5, 5.41) is 10.3. The van der Waals surface area contributed by atoms with Gasteiger partial charge in [0.05, 0.1) is 30.4 Å². The molecule has 4 aromatic rings. The predicted molar refractivity (Wildman–Crippen MR) is 171 cm³/mol. The number of aromatic nitrogens is 2. The minimum absolute atomic E-state index is 0.0285. The summed E-state index contributed by atoms with van der Waals surface area (Å²) in [7, 11) is 0.972. The Labute approximate surface area is 264 Å². The normalized spacial score (nSPS) is 16.8. The lowest BCUT2D eigenvalue weighted by Gasteiger charge is -2.32. The van der Waals surface area contributed by atoms with Crippen LogP contribution in [0.25, 0.3) is 10.9 Å². The SMILES string of the molecule is COc1cc(Br)c(CO)cc1OCc1cccc2c1CN(C(=O)c1nc(N)nc3ccc(B4OC(C)(C)C(C)(C)O4)cc13)C2. The van der Waals surface area contributed by atoms with E-state index in [-0.39, 0.29) is 30.8 Å². The predicted octanol–water partition coefficient (Wildman–Crippen LogP) is 4.51. The van der Waals surface area contributed by atoms with Crippen LogP contribution in [0.15, 0.2) is 53.0 Å². The molecule has 0 saturated carbocycles. The van der Waals surface area contributed by atoms with Gasteiger partial charge in [-0.25, -0.2) is 9.97 Å². The molecule has 1 saturated heterocycles. The fraction of sp³-hybridized carbons (Fsp3) is 0.344. The Balaban J connectivity index is 1.26. The molecule has 3 N–H and O–H groups in total. The number of amides is 1. The van der Waals surface area contributed by atoms with Crippen LogP contribution in [0.3, 0.4) is 0 Å². The van der Waals surface area contributed by atoms with Gasteiger partial charge in [0.1, 0.15) is 12.3 Å². The largest absolute Gasteiger partial charge is 0.494 e. The minimum atomic E-state index is -0.596. The molecule has 3 heterocycles. The first-order valence-electron chi connectivity index (χ1n) is 14.3. The van der Waals surface area contributed by atoms with Crippen LogP contribution in [-0.2, 0) is 35.6 Å². The van der Waals surface area contributed by atoms with Crippen molar-refractivity contribution in [2.75, 3.05) is 12.8 Å². The molecule has 0 radical (unpaired) electrons. The van der Waals surface area contributed by atoms with Gasteiger partial charge >= 0.3 is 7.12 Å². The summed E-state index contributed by atoms with van der Waals surface area (Å²) in [6, 6.07) is 15.0. The third-order valence-corrected chi connectivity index (χ3v) is 9.46. The summed E-state index contributed by atoms with van der Waals surface area (Å²) < 4.78 is 24.9. The number of nitrogens with zero attached hydrogens (tertiary/aromatic N) is 3. The van der Waals surface area contributed by atoms with Crippen LogP contribution in [0.5, 0.6) is 11.5 Å². The van der Waals surface area contributed by atoms with E-state index < -0.39 is 18.3 Å². The number of aliphatic hydroxyl groups excluding tert-OH is 1. The van der Waals surface area contributed by atoms with E-state index in [1.54, 1.807) is 24.1 Å². The van der Waals surface area contributed by atoms with Gasteiger partial charge in [-0.05, 0) is 73.6 Å². The number of carbonyl (C=O) groups excluding carboxylic acids is 1. The number of nitrogens with two attached hydrogens (primary N) is 1. The van der Waals surface area contributed by atoms with Crippen molar-refractivity contribution >= 4 is 51.3 Å².